The molecule has 5 heteroatoms. The van der Waals surface area contributed by atoms with Gasteiger partial charge in [0.05, 0.1) is 13.2 Å². The van der Waals surface area contributed by atoms with Crippen molar-refractivity contribution in [2.45, 2.75) is 13.0 Å². The molecule has 0 unspecified atom stereocenters. The van der Waals surface area contributed by atoms with E-state index in [1.165, 1.54) is 0 Å². The highest BCUT2D eigenvalue weighted by molar-refractivity contribution is 5.30. The number of aromatic nitrogens is 1. The molecule has 0 aliphatic carbocycles. The smallest absolute Gasteiger partial charge is 0.144 e. The van der Waals surface area contributed by atoms with Gasteiger partial charge in [0.25, 0.3) is 0 Å². The molecule has 19 heavy (non-hydrogen) atoms. The standard InChI is InChI=1S/C14H20N4O/c15-11-14-13(3-1-5-17-14)12-16-4-2-6-18-7-9-19-10-8-18/h1,3,5,16H,2,4,6-10,12H2. The van der Waals surface area contributed by atoms with Crippen LogP contribution in [0.2, 0.25) is 0 Å². The van der Waals surface area contributed by atoms with Crippen LogP contribution in [0.5, 0.6) is 0 Å². The maximum absolute atomic E-state index is 8.93. The van der Waals surface area contributed by atoms with E-state index >= 15 is 0 Å². The van der Waals surface area contributed by atoms with Gasteiger partial charge in [-0.3, -0.25) is 4.90 Å². The molecular formula is C14H20N4O. The molecular weight excluding hydrogens is 240 g/mol. The summed E-state index contributed by atoms with van der Waals surface area (Å²) in [6, 6.07) is 5.93. The highest BCUT2D eigenvalue weighted by Crippen LogP contribution is 2.03. The van der Waals surface area contributed by atoms with E-state index in [1.807, 2.05) is 12.1 Å². The first-order valence-electron chi connectivity index (χ1n) is 6.75. The molecule has 5 nitrogen and oxygen atoms in total. The van der Waals surface area contributed by atoms with Crippen LogP contribution in [0.1, 0.15) is 17.7 Å². The van der Waals surface area contributed by atoms with Gasteiger partial charge in [0.2, 0.25) is 0 Å². The third-order valence-corrected chi connectivity index (χ3v) is 3.24. The Labute approximate surface area is 114 Å². The van der Waals surface area contributed by atoms with Crippen LogP contribution in [-0.2, 0) is 11.3 Å². The average Bonchev–Trinajstić information content (AvgIpc) is 2.48. The van der Waals surface area contributed by atoms with E-state index in [4.69, 9.17) is 10.00 Å². The van der Waals surface area contributed by atoms with Crippen molar-refractivity contribution in [1.82, 2.24) is 15.2 Å². The Bertz CT molecular complexity index is 424. The lowest BCUT2D eigenvalue weighted by Gasteiger charge is -2.26. The lowest BCUT2D eigenvalue weighted by atomic mass is 10.2. The molecule has 1 aliphatic heterocycles. The summed E-state index contributed by atoms with van der Waals surface area (Å²) in [5.41, 5.74) is 1.49. The molecule has 0 spiro atoms. The summed E-state index contributed by atoms with van der Waals surface area (Å²) in [4.78, 5) is 6.47. The number of rotatable bonds is 6. The zero-order chi connectivity index (χ0) is 13.3. The van der Waals surface area contributed by atoms with Gasteiger partial charge in [-0.05, 0) is 25.6 Å². The highest BCUT2D eigenvalue weighted by Gasteiger charge is 2.09. The van der Waals surface area contributed by atoms with Crippen molar-refractivity contribution in [1.29, 1.82) is 5.26 Å². The summed E-state index contributed by atoms with van der Waals surface area (Å²) in [7, 11) is 0. The third kappa shape index (κ3) is 4.60. The lowest BCUT2D eigenvalue weighted by Crippen LogP contribution is -2.37. The van der Waals surface area contributed by atoms with Gasteiger partial charge < -0.3 is 10.1 Å². The van der Waals surface area contributed by atoms with Crippen LogP contribution in [0.25, 0.3) is 0 Å². The summed E-state index contributed by atoms with van der Waals surface area (Å²) in [6.45, 7) is 6.57. The van der Waals surface area contributed by atoms with Crippen LogP contribution in [0.3, 0.4) is 0 Å². The topological polar surface area (TPSA) is 61.2 Å². The largest absolute Gasteiger partial charge is 0.379 e. The molecule has 0 atom stereocenters. The molecule has 1 saturated heterocycles. The third-order valence-electron chi connectivity index (χ3n) is 3.24. The normalized spacial score (nSPS) is 16.2. The molecule has 1 aromatic heterocycles. The Kier molecular flexibility index (Phi) is 5.76. The molecule has 0 saturated carbocycles. The van der Waals surface area contributed by atoms with Crippen LogP contribution in [0.15, 0.2) is 18.3 Å². The highest BCUT2D eigenvalue weighted by atomic mass is 16.5. The van der Waals surface area contributed by atoms with Crippen molar-refractivity contribution < 1.29 is 4.74 Å². The fourth-order valence-corrected chi connectivity index (χ4v) is 2.16. The van der Waals surface area contributed by atoms with Crippen molar-refractivity contribution in [3.8, 4) is 6.07 Å². The number of nitrogens with zero attached hydrogens (tertiary/aromatic N) is 3. The number of ether oxygens (including phenoxy) is 1. The maximum atomic E-state index is 8.93. The van der Waals surface area contributed by atoms with Gasteiger partial charge in [-0.2, -0.15) is 5.26 Å². The molecule has 0 bridgehead atoms. The van der Waals surface area contributed by atoms with Crippen molar-refractivity contribution in [2.75, 3.05) is 39.4 Å². The van der Waals surface area contributed by atoms with Crippen LogP contribution < -0.4 is 5.32 Å². The summed E-state index contributed by atoms with van der Waals surface area (Å²) < 4.78 is 5.32. The van der Waals surface area contributed by atoms with Crippen molar-refractivity contribution in [3.63, 3.8) is 0 Å². The number of nitrogens with one attached hydrogen (secondary N) is 1. The SMILES string of the molecule is N#Cc1ncccc1CNCCCN1CCOCC1. The quantitative estimate of drug-likeness (QED) is 0.765. The predicted octanol–water partition coefficient (Wildman–Crippen LogP) is 0.765. The predicted molar refractivity (Wildman–Crippen MR) is 72.5 cm³/mol. The minimum Gasteiger partial charge on any atom is -0.379 e. The zero-order valence-corrected chi connectivity index (χ0v) is 11.1. The van der Waals surface area contributed by atoms with Gasteiger partial charge in [-0.25, -0.2) is 4.98 Å². The second kappa shape index (κ2) is 7.85. The summed E-state index contributed by atoms with van der Waals surface area (Å²) >= 11 is 0. The van der Waals surface area contributed by atoms with E-state index in [9.17, 15) is 0 Å². The fourth-order valence-electron chi connectivity index (χ4n) is 2.16. The number of nitriles is 1. The van der Waals surface area contributed by atoms with Crippen LogP contribution in [-0.4, -0.2) is 49.3 Å². The number of pyridine rings is 1. The number of morpholine rings is 1. The molecule has 1 fully saturated rings. The molecule has 2 heterocycles. The minimum atomic E-state index is 0.517. The Hall–Kier alpha value is -1.48. The first-order valence-corrected chi connectivity index (χ1v) is 6.75. The average molecular weight is 260 g/mol. The molecule has 1 aromatic rings. The lowest BCUT2D eigenvalue weighted by molar-refractivity contribution is 0.0374. The van der Waals surface area contributed by atoms with Gasteiger partial charge in [-0.1, -0.05) is 6.07 Å². The van der Waals surface area contributed by atoms with Crippen molar-refractivity contribution in [2.24, 2.45) is 0 Å². The van der Waals surface area contributed by atoms with E-state index in [2.05, 4.69) is 21.3 Å². The van der Waals surface area contributed by atoms with Gasteiger partial charge in [-0.15, -0.1) is 0 Å². The minimum absolute atomic E-state index is 0.517. The zero-order valence-electron chi connectivity index (χ0n) is 11.1. The summed E-state index contributed by atoms with van der Waals surface area (Å²) in [6.07, 6.45) is 2.77. The van der Waals surface area contributed by atoms with E-state index in [-0.39, 0.29) is 0 Å². The Balaban J connectivity index is 1.62. The maximum Gasteiger partial charge on any atom is 0.144 e. The second-order valence-corrected chi connectivity index (χ2v) is 4.61. The molecule has 1 aliphatic rings. The van der Waals surface area contributed by atoms with Crippen LogP contribution in [0, 0.1) is 11.3 Å². The molecule has 102 valence electrons. The fraction of sp³-hybridized carbons (Fsp3) is 0.571. The van der Waals surface area contributed by atoms with Crippen LogP contribution in [0.4, 0.5) is 0 Å². The first-order chi connectivity index (χ1) is 9.40. The van der Waals surface area contributed by atoms with Gasteiger partial charge >= 0.3 is 0 Å². The van der Waals surface area contributed by atoms with E-state index in [0.29, 0.717) is 12.2 Å². The molecule has 0 amide bonds. The van der Waals surface area contributed by atoms with E-state index in [1.54, 1.807) is 6.20 Å². The van der Waals surface area contributed by atoms with Crippen molar-refractivity contribution in [3.05, 3.63) is 29.6 Å². The van der Waals surface area contributed by atoms with E-state index in [0.717, 1.165) is 51.4 Å². The Morgan fingerprint density at radius 1 is 1.42 bits per heavy atom. The van der Waals surface area contributed by atoms with E-state index < -0.39 is 0 Å². The summed E-state index contributed by atoms with van der Waals surface area (Å²) in [5, 5.41) is 12.3. The van der Waals surface area contributed by atoms with Gasteiger partial charge in [0, 0.05) is 31.4 Å². The summed E-state index contributed by atoms with van der Waals surface area (Å²) in [5.74, 6) is 0. The number of hydrogen-bond donors (Lipinski definition) is 1. The van der Waals surface area contributed by atoms with Crippen molar-refractivity contribution >= 4 is 0 Å². The van der Waals surface area contributed by atoms with Gasteiger partial charge in [0.1, 0.15) is 11.8 Å². The Morgan fingerprint density at radius 3 is 3.05 bits per heavy atom. The molecule has 2 rings (SSSR count). The first kappa shape index (κ1) is 13.9. The second-order valence-electron chi connectivity index (χ2n) is 4.61. The molecule has 0 radical (unpaired) electrons. The molecule has 0 aromatic carbocycles. The Morgan fingerprint density at radius 2 is 2.26 bits per heavy atom. The van der Waals surface area contributed by atoms with Gasteiger partial charge in [0.15, 0.2) is 0 Å². The van der Waals surface area contributed by atoms with Crippen LogP contribution >= 0.6 is 0 Å². The monoisotopic (exact) mass is 260 g/mol. The molecule has 1 N–H and O–H groups in total. The number of hydrogen-bond acceptors (Lipinski definition) is 5.